The third-order valence-corrected chi connectivity index (χ3v) is 5.62. The van der Waals surface area contributed by atoms with E-state index < -0.39 is 0 Å². The summed E-state index contributed by atoms with van der Waals surface area (Å²) in [5.74, 6) is 2.02. The molecule has 1 heterocycles. The first-order valence-electron chi connectivity index (χ1n) is 10.3. The van der Waals surface area contributed by atoms with Crippen LogP contribution in [-0.2, 0) is 11.3 Å². The largest absolute Gasteiger partial charge is 0.497 e. The maximum Gasteiger partial charge on any atom is 0.223 e. The summed E-state index contributed by atoms with van der Waals surface area (Å²) in [6.45, 7) is 0.551. The summed E-state index contributed by atoms with van der Waals surface area (Å²) in [7, 11) is 1.66. The highest BCUT2D eigenvalue weighted by atomic mass is 16.5. The molecule has 1 amide bonds. The van der Waals surface area contributed by atoms with Crippen molar-refractivity contribution < 1.29 is 9.53 Å². The molecule has 5 nitrogen and oxygen atoms in total. The van der Waals surface area contributed by atoms with Gasteiger partial charge in [0.2, 0.25) is 5.91 Å². The molecular formula is C24H27N3O2. The van der Waals surface area contributed by atoms with Crippen molar-refractivity contribution in [1.82, 2.24) is 15.3 Å². The average Bonchev–Trinajstić information content (AvgIpc) is 3.29. The maximum absolute atomic E-state index is 12.4. The molecule has 2 N–H and O–H groups in total. The van der Waals surface area contributed by atoms with E-state index in [0.29, 0.717) is 6.54 Å². The van der Waals surface area contributed by atoms with Gasteiger partial charge in [0, 0.05) is 18.0 Å². The molecule has 0 saturated heterocycles. The van der Waals surface area contributed by atoms with E-state index >= 15 is 0 Å². The van der Waals surface area contributed by atoms with E-state index in [1.165, 1.54) is 19.3 Å². The predicted octanol–water partition coefficient (Wildman–Crippen LogP) is 4.95. The Kier molecular flexibility index (Phi) is 5.94. The third kappa shape index (κ3) is 4.67. The van der Waals surface area contributed by atoms with E-state index in [2.05, 4.69) is 21.4 Å². The molecule has 0 bridgehead atoms. The summed E-state index contributed by atoms with van der Waals surface area (Å²) in [5.41, 5.74) is 4.10. The lowest BCUT2D eigenvalue weighted by atomic mass is 9.88. The molecule has 1 aromatic heterocycles. The molecule has 29 heavy (non-hydrogen) atoms. The first-order valence-corrected chi connectivity index (χ1v) is 10.3. The van der Waals surface area contributed by atoms with E-state index in [4.69, 9.17) is 4.74 Å². The number of aromatic amines is 1. The quantitative estimate of drug-likeness (QED) is 0.627. The molecule has 0 spiro atoms. The van der Waals surface area contributed by atoms with E-state index in [1.54, 1.807) is 7.11 Å². The van der Waals surface area contributed by atoms with E-state index in [0.717, 1.165) is 46.8 Å². The number of amides is 1. The van der Waals surface area contributed by atoms with Crippen LogP contribution in [0, 0.1) is 5.92 Å². The van der Waals surface area contributed by atoms with Crippen LogP contribution in [0.5, 0.6) is 5.75 Å². The van der Waals surface area contributed by atoms with Crippen LogP contribution < -0.4 is 10.1 Å². The fraction of sp³-hybridized carbons (Fsp3) is 0.333. The molecule has 0 aliphatic heterocycles. The molecular weight excluding hydrogens is 362 g/mol. The summed E-state index contributed by atoms with van der Waals surface area (Å²) in [6, 6.07) is 16.0. The van der Waals surface area contributed by atoms with Gasteiger partial charge in [0.1, 0.15) is 11.6 Å². The van der Waals surface area contributed by atoms with Crippen LogP contribution in [0.4, 0.5) is 0 Å². The number of rotatable bonds is 6. The molecule has 1 fully saturated rings. The van der Waals surface area contributed by atoms with Gasteiger partial charge in [-0.2, -0.15) is 0 Å². The molecule has 0 radical (unpaired) electrons. The molecule has 1 aliphatic carbocycles. The average molecular weight is 389 g/mol. The minimum Gasteiger partial charge on any atom is -0.497 e. The van der Waals surface area contributed by atoms with Crippen molar-refractivity contribution in [3.63, 3.8) is 0 Å². The van der Waals surface area contributed by atoms with Gasteiger partial charge in [0.05, 0.1) is 19.0 Å². The zero-order valence-electron chi connectivity index (χ0n) is 16.8. The number of ether oxygens (including phenoxy) is 1. The minimum atomic E-state index is 0.184. The highest BCUT2D eigenvalue weighted by molar-refractivity contribution is 5.78. The first kappa shape index (κ1) is 19.2. The number of nitrogens with one attached hydrogen (secondary N) is 2. The first-order chi connectivity index (χ1) is 14.2. The number of hydrogen-bond acceptors (Lipinski definition) is 3. The van der Waals surface area contributed by atoms with Crippen LogP contribution in [0.2, 0.25) is 0 Å². The van der Waals surface area contributed by atoms with Crippen molar-refractivity contribution in [3.8, 4) is 28.4 Å². The van der Waals surface area contributed by atoms with Crippen LogP contribution in [-0.4, -0.2) is 23.0 Å². The van der Waals surface area contributed by atoms with Crippen molar-refractivity contribution in [2.24, 2.45) is 5.92 Å². The highest BCUT2D eigenvalue weighted by Crippen LogP contribution is 2.25. The Morgan fingerprint density at radius 2 is 1.90 bits per heavy atom. The Balaban J connectivity index is 1.43. The molecule has 4 rings (SSSR count). The van der Waals surface area contributed by atoms with E-state index in [-0.39, 0.29) is 11.8 Å². The van der Waals surface area contributed by atoms with Crippen molar-refractivity contribution in [3.05, 3.63) is 60.3 Å². The van der Waals surface area contributed by atoms with Gasteiger partial charge >= 0.3 is 0 Å². The Morgan fingerprint density at radius 3 is 2.66 bits per heavy atom. The van der Waals surface area contributed by atoms with Gasteiger partial charge in [0.25, 0.3) is 0 Å². The number of aromatic nitrogens is 2. The minimum absolute atomic E-state index is 0.184. The topological polar surface area (TPSA) is 67.0 Å². The molecule has 0 atom stereocenters. The van der Waals surface area contributed by atoms with Gasteiger partial charge in [-0.15, -0.1) is 0 Å². The fourth-order valence-corrected chi connectivity index (χ4v) is 3.91. The fourth-order valence-electron chi connectivity index (χ4n) is 3.91. The van der Waals surface area contributed by atoms with Crippen molar-refractivity contribution in [1.29, 1.82) is 0 Å². The second-order valence-corrected chi connectivity index (χ2v) is 7.63. The third-order valence-electron chi connectivity index (χ3n) is 5.62. The van der Waals surface area contributed by atoms with Crippen molar-refractivity contribution >= 4 is 5.91 Å². The number of methoxy groups -OCH3 is 1. The molecule has 3 aromatic rings. The van der Waals surface area contributed by atoms with Gasteiger partial charge < -0.3 is 15.0 Å². The van der Waals surface area contributed by atoms with Gasteiger partial charge in [-0.05, 0) is 54.3 Å². The molecule has 1 saturated carbocycles. The number of hydrogen-bond donors (Lipinski definition) is 2. The van der Waals surface area contributed by atoms with Crippen LogP contribution >= 0.6 is 0 Å². The lowest BCUT2D eigenvalue weighted by Gasteiger charge is -2.20. The lowest BCUT2D eigenvalue weighted by Crippen LogP contribution is -2.31. The maximum atomic E-state index is 12.4. The van der Waals surface area contributed by atoms with Crippen molar-refractivity contribution in [2.75, 3.05) is 7.11 Å². The van der Waals surface area contributed by atoms with Crippen LogP contribution in [0.3, 0.4) is 0 Å². The molecule has 150 valence electrons. The van der Waals surface area contributed by atoms with E-state index in [1.807, 2.05) is 48.7 Å². The molecule has 1 aliphatic rings. The second-order valence-electron chi connectivity index (χ2n) is 7.63. The number of imidazole rings is 1. The molecule has 2 aromatic carbocycles. The molecule has 0 unspecified atom stereocenters. The monoisotopic (exact) mass is 389 g/mol. The van der Waals surface area contributed by atoms with Crippen LogP contribution in [0.15, 0.2) is 54.7 Å². The van der Waals surface area contributed by atoms with Gasteiger partial charge in [-0.1, -0.05) is 37.5 Å². The lowest BCUT2D eigenvalue weighted by molar-refractivity contribution is -0.126. The summed E-state index contributed by atoms with van der Waals surface area (Å²) in [4.78, 5) is 20.3. The summed E-state index contributed by atoms with van der Waals surface area (Å²) >= 11 is 0. The zero-order valence-corrected chi connectivity index (χ0v) is 16.8. The Morgan fingerprint density at radius 1 is 1.10 bits per heavy atom. The number of carbonyl (C=O) groups excluding carboxylic acids is 1. The SMILES string of the molecule is COc1ccc(-c2cnc(-c3cccc(CNC(=O)C4CCCCC4)c3)[nH]2)cc1. The Bertz CT molecular complexity index is 956. The number of carbonyl (C=O) groups is 1. The van der Waals surface area contributed by atoms with Gasteiger partial charge in [-0.25, -0.2) is 4.98 Å². The second kappa shape index (κ2) is 8.95. The normalized spacial score (nSPS) is 14.5. The number of nitrogens with zero attached hydrogens (tertiary/aromatic N) is 1. The smallest absolute Gasteiger partial charge is 0.223 e. The summed E-state index contributed by atoms with van der Waals surface area (Å²) in [5, 5.41) is 3.11. The Labute approximate surface area is 171 Å². The predicted molar refractivity (Wildman–Crippen MR) is 114 cm³/mol. The Hall–Kier alpha value is -3.08. The van der Waals surface area contributed by atoms with Gasteiger partial charge in [-0.3, -0.25) is 4.79 Å². The van der Waals surface area contributed by atoms with Crippen LogP contribution in [0.25, 0.3) is 22.6 Å². The van der Waals surface area contributed by atoms with Crippen LogP contribution in [0.1, 0.15) is 37.7 Å². The summed E-state index contributed by atoms with van der Waals surface area (Å²) < 4.78 is 5.22. The molecule has 5 heteroatoms. The number of benzene rings is 2. The highest BCUT2D eigenvalue weighted by Gasteiger charge is 2.20. The van der Waals surface area contributed by atoms with Crippen molar-refractivity contribution in [2.45, 2.75) is 38.6 Å². The summed E-state index contributed by atoms with van der Waals surface area (Å²) in [6.07, 6.45) is 7.48. The number of H-pyrrole nitrogens is 1. The standard InChI is InChI=1S/C24H27N3O2/c1-29-21-12-10-18(11-13-21)22-16-25-23(27-22)20-9-5-6-17(14-20)15-26-24(28)19-7-3-2-4-8-19/h5-6,9-14,16,19H,2-4,7-8,15H2,1H3,(H,25,27)(H,26,28). The zero-order chi connectivity index (χ0) is 20.1. The van der Waals surface area contributed by atoms with E-state index in [9.17, 15) is 4.79 Å². The van der Waals surface area contributed by atoms with Gasteiger partial charge in [0.15, 0.2) is 0 Å².